The van der Waals surface area contributed by atoms with Crippen LogP contribution in [0.4, 0.5) is 0 Å². The van der Waals surface area contributed by atoms with Crippen LogP contribution in [0.15, 0.2) is 39.9 Å². The van der Waals surface area contributed by atoms with Gasteiger partial charge < -0.3 is 14.4 Å². The average Bonchev–Trinajstić information content (AvgIpc) is 2.42. The summed E-state index contributed by atoms with van der Waals surface area (Å²) in [4.78, 5) is 27.3. The minimum Gasteiger partial charge on any atom is -0.478 e. The Bertz CT molecular complexity index is 740. The molecule has 1 aromatic carbocycles. The maximum Gasteiger partial charge on any atom is 0.339 e. The molecular weight excluding hydrogens is 340 g/mol. The van der Waals surface area contributed by atoms with E-state index < -0.39 is 11.5 Å². The Kier molecular flexibility index (Phi) is 4.42. The van der Waals surface area contributed by atoms with E-state index in [1.807, 2.05) is 13.8 Å². The van der Waals surface area contributed by atoms with E-state index in [4.69, 9.17) is 4.74 Å². The van der Waals surface area contributed by atoms with Gasteiger partial charge in [-0.05, 0) is 32.0 Å². The molecule has 0 spiro atoms. The van der Waals surface area contributed by atoms with E-state index >= 15 is 0 Å². The van der Waals surface area contributed by atoms with Gasteiger partial charge in [-0.15, -0.1) is 0 Å². The Labute approximate surface area is 129 Å². The maximum atomic E-state index is 12.2. The van der Waals surface area contributed by atoms with Gasteiger partial charge in [-0.2, -0.15) is 0 Å². The lowest BCUT2D eigenvalue weighted by atomic mass is 10.2. The molecule has 0 atom stereocenters. The van der Waals surface area contributed by atoms with Crippen molar-refractivity contribution in [3.63, 3.8) is 0 Å². The number of benzene rings is 1. The molecule has 0 amide bonds. The van der Waals surface area contributed by atoms with Crippen molar-refractivity contribution < 1.29 is 14.6 Å². The van der Waals surface area contributed by atoms with Crippen LogP contribution >= 0.6 is 15.9 Å². The fourth-order valence-electron chi connectivity index (χ4n) is 1.75. The molecule has 0 unspecified atom stereocenters. The number of hydrogen-bond donors (Lipinski definition) is 1. The summed E-state index contributed by atoms with van der Waals surface area (Å²) in [6.45, 7) is 3.71. The third-order valence-corrected chi connectivity index (χ3v) is 3.26. The molecular formula is C14H13BrN2O4. The molecule has 0 aliphatic heterocycles. The van der Waals surface area contributed by atoms with Gasteiger partial charge in [-0.25, -0.2) is 9.78 Å². The minimum absolute atomic E-state index is 0.0493. The number of carboxylic acid groups (broad SMARTS) is 1. The molecule has 7 heteroatoms. The first kappa shape index (κ1) is 15.2. The number of carbonyl (C=O) groups is 1. The second-order valence-corrected chi connectivity index (χ2v) is 5.50. The van der Waals surface area contributed by atoms with Crippen LogP contribution < -0.4 is 10.3 Å². The lowest BCUT2D eigenvalue weighted by Gasteiger charge is -2.12. The number of hydrogen-bond acceptors (Lipinski definition) is 4. The Morgan fingerprint density at radius 2 is 2.14 bits per heavy atom. The summed E-state index contributed by atoms with van der Waals surface area (Å²) in [5, 5.41) is 9.18. The zero-order chi connectivity index (χ0) is 15.6. The molecule has 0 radical (unpaired) electrons. The molecule has 1 aromatic heterocycles. The highest BCUT2D eigenvalue weighted by atomic mass is 79.9. The van der Waals surface area contributed by atoms with Crippen LogP contribution in [0.3, 0.4) is 0 Å². The van der Waals surface area contributed by atoms with E-state index in [2.05, 4.69) is 20.9 Å². The Morgan fingerprint density at radius 3 is 2.76 bits per heavy atom. The molecule has 1 N–H and O–H groups in total. The third-order valence-electron chi connectivity index (χ3n) is 2.77. The molecule has 2 aromatic rings. The molecule has 21 heavy (non-hydrogen) atoms. The standard InChI is InChI=1S/C14H13BrN2O4/c1-8(2)17-6-5-16-12(13(17)18)21-11-4-3-9(15)7-10(11)14(19)20/h3-8H,1-2H3,(H,19,20). The molecule has 0 fully saturated rings. The van der Waals surface area contributed by atoms with E-state index in [9.17, 15) is 14.7 Å². The first-order chi connectivity index (χ1) is 9.90. The predicted octanol–water partition coefficient (Wildman–Crippen LogP) is 3.08. The van der Waals surface area contributed by atoms with Gasteiger partial charge in [-0.3, -0.25) is 4.79 Å². The fourth-order valence-corrected chi connectivity index (χ4v) is 2.11. The molecule has 6 nitrogen and oxygen atoms in total. The van der Waals surface area contributed by atoms with Crippen molar-refractivity contribution in [1.29, 1.82) is 0 Å². The van der Waals surface area contributed by atoms with Crippen molar-refractivity contribution in [3.8, 4) is 11.6 Å². The number of ether oxygens (including phenoxy) is 1. The van der Waals surface area contributed by atoms with Gasteiger partial charge in [0.2, 0.25) is 0 Å². The van der Waals surface area contributed by atoms with Crippen molar-refractivity contribution in [2.24, 2.45) is 0 Å². The summed E-state index contributed by atoms with van der Waals surface area (Å²) in [7, 11) is 0. The van der Waals surface area contributed by atoms with E-state index in [1.165, 1.54) is 22.9 Å². The minimum atomic E-state index is -1.15. The topological polar surface area (TPSA) is 81.4 Å². The lowest BCUT2D eigenvalue weighted by Crippen LogP contribution is -2.23. The van der Waals surface area contributed by atoms with Crippen molar-refractivity contribution in [3.05, 3.63) is 51.0 Å². The lowest BCUT2D eigenvalue weighted by molar-refractivity contribution is 0.0694. The van der Waals surface area contributed by atoms with Crippen molar-refractivity contribution >= 4 is 21.9 Å². The fraction of sp³-hybridized carbons (Fsp3) is 0.214. The third kappa shape index (κ3) is 3.30. The number of carboxylic acids is 1. The van der Waals surface area contributed by atoms with E-state index in [0.717, 1.165) is 0 Å². The molecule has 0 aliphatic carbocycles. The van der Waals surface area contributed by atoms with E-state index in [0.29, 0.717) is 4.47 Å². The largest absolute Gasteiger partial charge is 0.478 e. The average molecular weight is 353 g/mol. The van der Waals surface area contributed by atoms with Crippen molar-refractivity contribution in [1.82, 2.24) is 9.55 Å². The zero-order valence-electron chi connectivity index (χ0n) is 11.4. The van der Waals surface area contributed by atoms with Gasteiger partial charge in [0.05, 0.1) is 0 Å². The van der Waals surface area contributed by atoms with Crippen LogP contribution in [0.5, 0.6) is 11.6 Å². The molecule has 0 bridgehead atoms. The van der Waals surface area contributed by atoms with Gasteiger partial charge in [0, 0.05) is 22.9 Å². The first-order valence-corrected chi connectivity index (χ1v) is 6.97. The Balaban J connectivity index is 2.46. The van der Waals surface area contributed by atoms with Gasteiger partial charge in [-0.1, -0.05) is 15.9 Å². The van der Waals surface area contributed by atoms with Crippen LogP contribution in [0.25, 0.3) is 0 Å². The summed E-state index contributed by atoms with van der Waals surface area (Å²) in [6, 6.07) is 4.46. The van der Waals surface area contributed by atoms with Crippen LogP contribution in [0.1, 0.15) is 30.2 Å². The number of rotatable bonds is 4. The molecule has 2 rings (SSSR count). The van der Waals surface area contributed by atoms with Gasteiger partial charge in [0.1, 0.15) is 11.3 Å². The highest BCUT2D eigenvalue weighted by molar-refractivity contribution is 9.10. The van der Waals surface area contributed by atoms with Crippen LogP contribution in [-0.2, 0) is 0 Å². The molecule has 0 saturated heterocycles. The van der Waals surface area contributed by atoms with Gasteiger partial charge >= 0.3 is 11.5 Å². The van der Waals surface area contributed by atoms with Crippen molar-refractivity contribution in [2.45, 2.75) is 19.9 Å². The van der Waals surface area contributed by atoms with Crippen LogP contribution in [0.2, 0.25) is 0 Å². The van der Waals surface area contributed by atoms with E-state index in [-0.39, 0.29) is 23.2 Å². The second-order valence-electron chi connectivity index (χ2n) is 4.59. The SMILES string of the molecule is CC(C)n1ccnc(Oc2ccc(Br)cc2C(=O)O)c1=O. The Hall–Kier alpha value is -2.15. The van der Waals surface area contributed by atoms with Crippen molar-refractivity contribution in [2.75, 3.05) is 0 Å². The highest BCUT2D eigenvalue weighted by Gasteiger charge is 2.16. The normalized spacial score (nSPS) is 10.7. The van der Waals surface area contributed by atoms with Crippen LogP contribution in [-0.4, -0.2) is 20.6 Å². The first-order valence-electron chi connectivity index (χ1n) is 6.18. The number of aromatic nitrogens is 2. The summed E-state index contributed by atoms with van der Waals surface area (Å²) < 4.78 is 7.47. The predicted molar refractivity (Wildman–Crippen MR) is 80.1 cm³/mol. The number of nitrogens with zero attached hydrogens (tertiary/aromatic N) is 2. The molecule has 0 saturated carbocycles. The molecule has 1 heterocycles. The highest BCUT2D eigenvalue weighted by Crippen LogP contribution is 2.26. The number of aromatic carboxylic acids is 1. The quantitative estimate of drug-likeness (QED) is 0.914. The molecule has 0 aliphatic rings. The smallest absolute Gasteiger partial charge is 0.339 e. The maximum absolute atomic E-state index is 12.2. The number of halogens is 1. The van der Waals surface area contributed by atoms with Crippen LogP contribution in [0, 0.1) is 0 Å². The summed E-state index contributed by atoms with van der Waals surface area (Å²) >= 11 is 3.19. The molecule has 110 valence electrons. The summed E-state index contributed by atoms with van der Waals surface area (Å²) in [6.07, 6.45) is 3.00. The summed E-state index contributed by atoms with van der Waals surface area (Å²) in [5.41, 5.74) is -0.461. The zero-order valence-corrected chi connectivity index (χ0v) is 13.0. The van der Waals surface area contributed by atoms with E-state index in [1.54, 1.807) is 12.3 Å². The Morgan fingerprint density at radius 1 is 1.43 bits per heavy atom. The summed E-state index contributed by atoms with van der Waals surface area (Å²) in [5.74, 6) is -1.24. The van der Waals surface area contributed by atoms with Gasteiger partial charge in [0.15, 0.2) is 0 Å². The monoisotopic (exact) mass is 352 g/mol. The second kappa shape index (κ2) is 6.09. The van der Waals surface area contributed by atoms with Gasteiger partial charge in [0.25, 0.3) is 5.88 Å².